The standard InChI is InChI=1S/C23H20N2O4S2/c1-17-6-2-5-9-23(17)25-30(26,27)21-14-11-20(12-15-21)24-31(28,29)22-13-10-18-7-3-4-8-19(18)16-22/h2-16,24-25H,1H3. The number of hydrogen-bond donors (Lipinski definition) is 2. The Labute approximate surface area is 181 Å². The second-order valence-corrected chi connectivity index (χ2v) is 10.4. The largest absolute Gasteiger partial charge is 0.280 e. The van der Waals surface area contributed by atoms with Gasteiger partial charge in [-0.2, -0.15) is 0 Å². The van der Waals surface area contributed by atoms with E-state index in [2.05, 4.69) is 9.44 Å². The van der Waals surface area contributed by atoms with Gasteiger partial charge >= 0.3 is 0 Å². The molecule has 0 amide bonds. The predicted molar refractivity (Wildman–Crippen MR) is 123 cm³/mol. The molecule has 158 valence electrons. The number of sulfonamides is 2. The first-order valence-corrected chi connectivity index (χ1v) is 12.4. The first kappa shape index (κ1) is 20.9. The summed E-state index contributed by atoms with van der Waals surface area (Å²) in [5.74, 6) is 0. The minimum atomic E-state index is -3.82. The molecule has 4 aromatic carbocycles. The van der Waals surface area contributed by atoms with Crippen LogP contribution in [-0.4, -0.2) is 16.8 Å². The number of nitrogens with one attached hydrogen (secondary N) is 2. The number of benzene rings is 4. The van der Waals surface area contributed by atoms with Crippen molar-refractivity contribution in [3.63, 3.8) is 0 Å². The normalized spacial score (nSPS) is 11.9. The molecule has 31 heavy (non-hydrogen) atoms. The Kier molecular flexibility index (Phi) is 5.43. The molecule has 0 aliphatic rings. The lowest BCUT2D eigenvalue weighted by Gasteiger charge is -2.12. The molecule has 0 aliphatic carbocycles. The van der Waals surface area contributed by atoms with Crippen molar-refractivity contribution in [3.05, 3.63) is 96.6 Å². The highest BCUT2D eigenvalue weighted by atomic mass is 32.2. The monoisotopic (exact) mass is 452 g/mol. The minimum Gasteiger partial charge on any atom is -0.280 e. The molecule has 0 heterocycles. The maximum Gasteiger partial charge on any atom is 0.261 e. The van der Waals surface area contributed by atoms with Gasteiger partial charge in [0, 0.05) is 5.69 Å². The molecule has 6 nitrogen and oxygen atoms in total. The third-order valence-electron chi connectivity index (χ3n) is 4.84. The lowest BCUT2D eigenvalue weighted by Crippen LogP contribution is -2.15. The van der Waals surface area contributed by atoms with Crippen molar-refractivity contribution in [1.82, 2.24) is 0 Å². The molecule has 4 aromatic rings. The Balaban J connectivity index is 1.55. The summed E-state index contributed by atoms with van der Waals surface area (Å²) in [6.45, 7) is 1.81. The summed E-state index contributed by atoms with van der Waals surface area (Å²) < 4.78 is 55.9. The fourth-order valence-corrected chi connectivity index (χ4v) is 5.37. The van der Waals surface area contributed by atoms with Crippen LogP contribution in [-0.2, 0) is 20.0 Å². The second-order valence-electron chi connectivity index (χ2n) is 7.06. The Morgan fingerprint density at radius 2 is 1.16 bits per heavy atom. The summed E-state index contributed by atoms with van der Waals surface area (Å²) in [4.78, 5) is 0.161. The van der Waals surface area contributed by atoms with E-state index in [1.165, 1.54) is 30.3 Å². The first-order chi connectivity index (χ1) is 14.7. The quantitative estimate of drug-likeness (QED) is 0.442. The lowest BCUT2D eigenvalue weighted by molar-refractivity contribution is 0.600. The molecule has 0 unspecified atom stereocenters. The van der Waals surface area contributed by atoms with Gasteiger partial charge in [-0.1, -0.05) is 48.5 Å². The fourth-order valence-electron chi connectivity index (χ4n) is 3.14. The van der Waals surface area contributed by atoms with Gasteiger partial charge < -0.3 is 0 Å². The summed E-state index contributed by atoms with van der Waals surface area (Å²) in [6, 6.07) is 25.0. The van der Waals surface area contributed by atoms with Crippen LogP contribution < -0.4 is 9.44 Å². The van der Waals surface area contributed by atoms with Crippen LogP contribution in [0.2, 0.25) is 0 Å². The minimum absolute atomic E-state index is 0.0319. The third-order valence-corrected chi connectivity index (χ3v) is 7.60. The van der Waals surface area contributed by atoms with Gasteiger partial charge in [0.15, 0.2) is 0 Å². The van der Waals surface area contributed by atoms with E-state index in [0.29, 0.717) is 5.69 Å². The van der Waals surface area contributed by atoms with Crippen LogP contribution in [0.25, 0.3) is 10.8 Å². The zero-order valence-electron chi connectivity index (χ0n) is 16.6. The van der Waals surface area contributed by atoms with E-state index in [4.69, 9.17) is 0 Å². The van der Waals surface area contributed by atoms with E-state index in [1.54, 1.807) is 24.3 Å². The van der Waals surface area contributed by atoms with Crippen molar-refractivity contribution in [3.8, 4) is 0 Å². The average molecular weight is 453 g/mol. The van der Waals surface area contributed by atoms with Gasteiger partial charge in [-0.15, -0.1) is 0 Å². The van der Waals surface area contributed by atoms with Crippen molar-refractivity contribution in [1.29, 1.82) is 0 Å². The third kappa shape index (κ3) is 4.55. The zero-order valence-corrected chi connectivity index (χ0v) is 18.2. The molecule has 0 fully saturated rings. The summed E-state index contributed by atoms with van der Waals surface area (Å²) >= 11 is 0. The number of anilines is 2. The summed E-state index contributed by atoms with van der Waals surface area (Å²) in [5.41, 5.74) is 1.55. The van der Waals surface area contributed by atoms with Crippen LogP contribution in [0.15, 0.2) is 101 Å². The molecule has 0 saturated heterocycles. The Hall–Kier alpha value is -3.36. The van der Waals surface area contributed by atoms with Crippen molar-refractivity contribution >= 4 is 42.2 Å². The number of rotatable bonds is 6. The molecule has 0 saturated carbocycles. The molecule has 4 rings (SSSR count). The lowest BCUT2D eigenvalue weighted by atomic mass is 10.1. The molecular formula is C23H20N2O4S2. The van der Waals surface area contributed by atoms with E-state index < -0.39 is 20.0 Å². The first-order valence-electron chi connectivity index (χ1n) is 9.45. The zero-order chi connectivity index (χ0) is 22.1. The van der Waals surface area contributed by atoms with E-state index in [9.17, 15) is 16.8 Å². The van der Waals surface area contributed by atoms with Crippen LogP contribution in [0, 0.1) is 6.92 Å². The Morgan fingerprint density at radius 1 is 0.581 bits per heavy atom. The van der Waals surface area contributed by atoms with Crippen LogP contribution in [0.4, 0.5) is 11.4 Å². The van der Waals surface area contributed by atoms with Gasteiger partial charge in [0.25, 0.3) is 20.0 Å². The second kappa shape index (κ2) is 8.05. The summed E-state index contributed by atoms with van der Waals surface area (Å²) in [6.07, 6.45) is 0. The van der Waals surface area contributed by atoms with E-state index in [-0.39, 0.29) is 15.5 Å². The molecule has 0 aliphatic heterocycles. The Bertz CT molecular complexity index is 1460. The Morgan fingerprint density at radius 3 is 1.87 bits per heavy atom. The van der Waals surface area contributed by atoms with Gasteiger partial charge in [0.1, 0.15) is 0 Å². The highest BCUT2D eigenvalue weighted by Crippen LogP contribution is 2.24. The molecule has 8 heteroatoms. The molecule has 0 spiro atoms. The SMILES string of the molecule is Cc1ccccc1NS(=O)(=O)c1ccc(NS(=O)(=O)c2ccc3ccccc3c2)cc1. The fraction of sp³-hybridized carbons (Fsp3) is 0.0435. The van der Waals surface area contributed by atoms with Crippen LogP contribution in [0.3, 0.4) is 0 Å². The topological polar surface area (TPSA) is 92.3 Å². The smallest absolute Gasteiger partial charge is 0.261 e. The highest BCUT2D eigenvalue weighted by molar-refractivity contribution is 7.93. The van der Waals surface area contributed by atoms with Crippen molar-refractivity contribution in [2.75, 3.05) is 9.44 Å². The maximum atomic E-state index is 12.8. The average Bonchev–Trinajstić information content (AvgIpc) is 2.75. The summed E-state index contributed by atoms with van der Waals surface area (Å²) in [5, 5.41) is 1.76. The van der Waals surface area contributed by atoms with E-state index in [0.717, 1.165) is 16.3 Å². The van der Waals surface area contributed by atoms with Gasteiger partial charge in [-0.05, 0) is 65.7 Å². The van der Waals surface area contributed by atoms with Crippen molar-refractivity contribution < 1.29 is 16.8 Å². The molecule has 0 radical (unpaired) electrons. The molecule has 0 bridgehead atoms. The van der Waals surface area contributed by atoms with Gasteiger partial charge in [-0.3, -0.25) is 9.44 Å². The summed E-state index contributed by atoms with van der Waals surface area (Å²) in [7, 11) is -7.62. The van der Waals surface area contributed by atoms with Crippen molar-refractivity contribution in [2.24, 2.45) is 0 Å². The molecule has 0 aromatic heterocycles. The van der Waals surface area contributed by atoms with Gasteiger partial charge in [0.05, 0.1) is 15.5 Å². The van der Waals surface area contributed by atoms with E-state index in [1.807, 2.05) is 43.3 Å². The van der Waals surface area contributed by atoms with Crippen LogP contribution in [0.5, 0.6) is 0 Å². The maximum absolute atomic E-state index is 12.8. The number of para-hydroxylation sites is 1. The van der Waals surface area contributed by atoms with Crippen LogP contribution in [0.1, 0.15) is 5.56 Å². The van der Waals surface area contributed by atoms with Gasteiger partial charge in [0.2, 0.25) is 0 Å². The van der Waals surface area contributed by atoms with Crippen molar-refractivity contribution in [2.45, 2.75) is 16.7 Å². The van der Waals surface area contributed by atoms with Gasteiger partial charge in [-0.25, -0.2) is 16.8 Å². The molecular weight excluding hydrogens is 432 g/mol. The number of hydrogen-bond acceptors (Lipinski definition) is 4. The number of aryl methyl sites for hydroxylation is 1. The van der Waals surface area contributed by atoms with E-state index >= 15 is 0 Å². The molecule has 2 N–H and O–H groups in total. The predicted octanol–water partition coefficient (Wildman–Crippen LogP) is 4.75. The molecule has 0 atom stereocenters. The number of fused-ring (bicyclic) bond motifs is 1. The highest BCUT2D eigenvalue weighted by Gasteiger charge is 2.17. The van der Waals surface area contributed by atoms with Crippen LogP contribution >= 0.6 is 0 Å².